The Balaban J connectivity index is 1.70. The predicted molar refractivity (Wildman–Crippen MR) is 102 cm³/mol. The van der Waals surface area contributed by atoms with E-state index in [-0.39, 0.29) is 4.90 Å². The smallest absolute Gasteiger partial charge is 0.278 e. The zero-order chi connectivity index (χ0) is 18.7. The van der Waals surface area contributed by atoms with Crippen LogP contribution in [0.15, 0.2) is 33.6 Å². The third-order valence-electron chi connectivity index (χ3n) is 3.70. The lowest BCUT2D eigenvalue weighted by Gasteiger charge is -2.25. The molecular weight excluding hydrogens is 444 g/mol. The lowest BCUT2D eigenvalue weighted by molar-refractivity contribution is 0.0948. The van der Waals surface area contributed by atoms with Gasteiger partial charge in [0.15, 0.2) is 5.13 Å². The Hall–Kier alpha value is -1.53. The van der Waals surface area contributed by atoms with Gasteiger partial charge in [0.2, 0.25) is 0 Å². The molecule has 8 nitrogen and oxygen atoms in total. The molecule has 0 atom stereocenters. The Labute approximate surface area is 163 Å². The van der Waals surface area contributed by atoms with E-state index in [0.29, 0.717) is 41.3 Å². The minimum Gasteiger partial charge on any atom is -0.378 e. The first-order chi connectivity index (χ1) is 12.4. The summed E-state index contributed by atoms with van der Waals surface area (Å²) in [5.41, 5.74) is 2.80. The van der Waals surface area contributed by atoms with Crippen molar-refractivity contribution in [3.8, 4) is 0 Å². The average Bonchev–Trinajstić information content (AvgIpc) is 3.03. The Morgan fingerprint density at radius 1 is 1.31 bits per heavy atom. The van der Waals surface area contributed by atoms with E-state index in [2.05, 4.69) is 31.2 Å². The fourth-order valence-electron chi connectivity index (χ4n) is 2.37. The number of anilines is 1. The number of aromatic nitrogens is 1. The van der Waals surface area contributed by atoms with Gasteiger partial charge in [0.05, 0.1) is 23.8 Å². The minimum absolute atomic E-state index is 0.0373. The molecule has 1 aliphatic rings. The van der Waals surface area contributed by atoms with Crippen LogP contribution in [0.3, 0.4) is 0 Å². The summed E-state index contributed by atoms with van der Waals surface area (Å²) < 4.78 is 30.4. The molecule has 1 aliphatic heterocycles. The molecule has 2 aromatic rings. The van der Waals surface area contributed by atoms with Gasteiger partial charge in [-0.1, -0.05) is 23.5 Å². The summed E-state index contributed by atoms with van der Waals surface area (Å²) in [7, 11) is -3.89. The molecule has 0 bridgehead atoms. The van der Waals surface area contributed by atoms with Crippen molar-refractivity contribution in [2.24, 2.45) is 0 Å². The van der Waals surface area contributed by atoms with E-state index in [4.69, 9.17) is 4.74 Å². The number of ether oxygens (including phenoxy) is 1. The maximum atomic E-state index is 12.4. The number of aryl methyl sites for hydroxylation is 1. The van der Waals surface area contributed by atoms with Crippen molar-refractivity contribution in [1.29, 1.82) is 0 Å². The van der Waals surface area contributed by atoms with Crippen LogP contribution in [0.1, 0.15) is 15.4 Å². The molecule has 0 unspecified atom stereocenters. The molecule has 1 aromatic heterocycles. The highest BCUT2D eigenvalue weighted by Gasteiger charge is 2.23. The van der Waals surface area contributed by atoms with Gasteiger partial charge in [-0.15, -0.1) is 4.83 Å². The number of nitrogens with zero attached hydrogens (tertiary/aromatic N) is 2. The molecule has 11 heteroatoms. The Kier molecular flexibility index (Phi) is 5.92. The number of rotatable bonds is 5. The summed E-state index contributed by atoms with van der Waals surface area (Å²) in [6.45, 7) is 4.38. The van der Waals surface area contributed by atoms with Crippen molar-refractivity contribution >= 4 is 48.3 Å². The second-order valence-corrected chi connectivity index (χ2v) is 8.98. The molecule has 0 saturated carbocycles. The molecule has 0 radical (unpaired) electrons. The lowest BCUT2D eigenvalue weighted by Crippen LogP contribution is -2.41. The molecule has 1 fully saturated rings. The van der Waals surface area contributed by atoms with E-state index >= 15 is 0 Å². The van der Waals surface area contributed by atoms with Crippen LogP contribution in [0.2, 0.25) is 0 Å². The van der Waals surface area contributed by atoms with Crippen molar-refractivity contribution in [2.75, 3.05) is 31.2 Å². The number of hydrogen-bond acceptors (Lipinski definition) is 7. The van der Waals surface area contributed by atoms with Crippen molar-refractivity contribution in [2.45, 2.75) is 11.8 Å². The molecule has 0 spiro atoms. The van der Waals surface area contributed by atoms with Gasteiger partial charge in [-0.3, -0.25) is 10.2 Å². The SMILES string of the molecule is Cc1nc(N2CCOCC2)sc1C(=O)NNS(=O)(=O)c1ccccc1Br. The number of hydrazine groups is 1. The summed E-state index contributed by atoms with van der Waals surface area (Å²) >= 11 is 4.41. The second-order valence-electron chi connectivity index (χ2n) is 5.50. The monoisotopic (exact) mass is 460 g/mol. The summed E-state index contributed by atoms with van der Waals surface area (Å²) in [5.74, 6) is -0.546. The number of sulfonamides is 1. The number of carbonyl (C=O) groups is 1. The molecule has 26 heavy (non-hydrogen) atoms. The van der Waals surface area contributed by atoms with Crippen molar-refractivity contribution in [3.63, 3.8) is 0 Å². The van der Waals surface area contributed by atoms with Gasteiger partial charge < -0.3 is 9.64 Å². The number of halogens is 1. The number of benzene rings is 1. The summed E-state index contributed by atoms with van der Waals surface area (Å²) in [5, 5.41) is 0.726. The van der Waals surface area contributed by atoms with Crippen molar-refractivity contribution in [3.05, 3.63) is 39.3 Å². The van der Waals surface area contributed by atoms with Crippen LogP contribution in [-0.4, -0.2) is 45.6 Å². The Morgan fingerprint density at radius 3 is 2.69 bits per heavy atom. The third kappa shape index (κ3) is 4.23. The molecule has 1 amide bonds. The summed E-state index contributed by atoms with van der Waals surface area (Å²) in [6, 6.07) is 6.35. The summed E-state index contributed by atoms with van der Waals surface area (Å²) in [4.78, 5) is 21.4. The average molecular weight is 461 g/mol. The standard InChI is InChI=1S/C15H17BrN4O4S2/c1-10-13(25-15(17-10)20-6-8-24-9-7-20)14(21)18-19-26(22,23)12-5-3-2-4-11(12)16/h2-5,19H,6-9H2,1H3,(H,18,21). The van der Waals surface area contributed by atoms with Gasteiger partial charge in [0, 0.05) is 17.6 Å². The maximum Gasteiger partial charge on any atom is 0.278 e. The van der Waals surface area contributed by atoms with Gasteiger partial charge in [0.1, 0.15) is 4.88 Å². The first kappa shape index (κ1) is 19.2. The number of carbonyl (C=O) groups excluding carboxylic acids is 1. The van der Waals surface area contributed by atoms with Gasteiger partial charge in [-0.25, -0.2) is 13.4 Å². The lowest BCUT2D eigenvalue weighted by atomic mass is 10.4. The first-order valence-electron chi connectivity index (χ1n) is 7.75. The first-order valence-corrected chi connectivity index (χ1v) is 10.8. The molecule has 0 aliphatic carbocycles. The van der Waals surface area contributed by atoms with E-state index in [9.17, 15) is 13.2 Å². The normalized spacial score (nSPS) is 15.1. The molecule has 1 saturated heterocycles. The van der Waals surface area contributed by atoms with Crippen LogP contribution in [-0.2, 0) is 14.8 Å². The zero-order valence-corrected chi connectivity index (χ0v) is 17.1. The minimum atomic E-state index is -3.89. The van der Waals surface area contributed by atoms with E-state index in [1.165, 1.54) is 17.4 Å². The third-order valence-corrected chi connectivity index (χ3v) is 7.17. The van der Waals surface area contributed by atoms with Crippen LogP contribution in [0, 0.1) is 6.92 Å². The van der Waals surface area contributed by atoms with E-state index in [1.807, 2.05) is 4.90 Å². The van der Waals surface area contributed by atoms with Crippen molar-refractivity contribution in [1.82, 2.24) is 15.2 Å². The highest BCUT2D eigenvalue weighted by atomic mass is 79.9. The quantitative estimate of drug-likeness (QED) is 0.658. The highest BCUT2D eigenvalue weighted by molar-refractivity contribution is 9.10. The number of hydrogen-bond donors (Lipinski definition) is 2. The summed E-state index contributed by atoms with van der Waals surface area (Å²) in [6.07, 6.45) is 0. The fourth-order valence-corrected chi connectivity index (χ4v) is 5.23. The number of amides is 1. The predicted octanol–water partition coefficient (Wildman–Crippen LogP) is 1.67. The molecule has 2 N–H and O–H groups in total. The topological polar surface area (TPSA) is 101 Å². The van der Waals surface area contributed by atoms with E-state index < -0.39 is 15.9 Å². The Bertz CT molecular complexity index is 910. The van der Waals surface area contributed by atoms with Crippen molar-refractivity contribution < 1.29 is 17.9 Å². The molecule has 3 rings (SSSR count). The molecule has 2 heterocycles. The van der Waals surface area contributed by atoms with E-state index in [0.717, 1.165) is 5.13 Å². The highest BCUT2D eigenvalue weighted by Crippen LogP contribution is 2.26. The number of thiazole rings is 1. The maximum absolute atomic E-state index is 12.4. The van der Waals surface area contributed by atoms with Crippen LogP contribution in [0.4, 0.5) is 5.13 Å². The largest absolute Gasteiger partial charge is 0.378 e. The fraction of sp³-hybridized carbons (Fsp3) is 0.333. The van der Waals surface area contributed by atoms with E-state index in [1.54, 1.807) is 25.1 Å². The molecule has 140 valence electrons. The molecular formula is C15H17BrN4O4S2. The van der Waals surface area contributed by atoms with Crippen LogP contribution in [0.5, 0.6) is 0 Å². The van der Waals surface area contributed by atoms with Gasteiger partial charge >= 0.3 is 0 Å². The number of nitrogens with one attached hydrogen (secondary N) is 2. The van der Waals surface area contributed by atoms with Gasteiger partial charge in [0.25, 0.3) is 15.9 Å². The van der Waals surface area contributed by atoms with Crippen LogP contribution < -0.4 is 15.2 Å². The molecule has 1 aromatic carbocycles. The van der Waals surface area contributed by atoms with Gasteiger partial charge in [-0.2, -0.15) is 0 Å². The Morgan fingerprint density at radius 2 is 2.00 bits per heavy atom. The van der Waals surface area contributed by atoms with Gasteiger partial charge in [-0.05, 0) is 35.0 Å². The zero-order valence-electron chi connectivity index (χ0n) is 13.9. The number of morpholine rings is 1. The van der Waals surface area contributed by atoms with Crippen LogP contribution in [0.25, 0.3) is 0 Å². The second kappa shape index (κ2) is 8.01. The van der Waals surface area contributed by atoms with Crippen LogP contribution >= 0.6 is 27.3 Å².